The quantitative estimate of drug-likeness (QED) is 0.827. The van der Waals surface area contributed by atoms with E-state index in [2.05, 4.69) is 5.32 Å². The van der Waals surface area contributed by atoms with E-state index in [1.165, 1.54) is 0 Å². The Kier molecular flexibility index (Phi) is 4.90. The molecule has 0 heterocycles. The Bertz CT molecular complexity index is 434. The normalized spacial score (nSPS) is 12.2. The molecule has 0 spiro atoms. The molecule has 1 aromatic carbocycles. The fourth-order valence-corrected chi connectivity index (χ4v) is 2.10. The number of nitrogens with one attached hydrogen (secondary N) is 1. The van der Waals surface area contributed by atoms with Gasteiger partial charge >= 0.3 is 0 Å². The number of nitrogens with two attached hydrogens (primary N) is 1. The zero-order valence-corrected chi connectivity index (χ0v) is 11.3. The molecule has 1 rings (SSSR count). The van der Waals surface area contributed by atoms with Crippen molar-refractivity contribution in [1.29, 1.82) is 0 Å². The number of thiocarbonyl (C=S) groups is 1. The monoisotopic (exact) mass is 270 g/mol. The molecule has 3 nitrogen and oxygen atoms in total. The molecule has 0 aliphatic rings. The number of carbonyl (C=O) groups excluding carboxylic acids is 1. The van der Waals surface area contributed by atoms with Gasteiger partial charge in [-0.1, -0.05) is 49.8 Å². The van der Waals surface area contributed by atoms with Crippen LogP contribution in [-0.4, -0.2) is 10.9 Å². The molecule has 1 unspecified atom stereocenters. The zero-order chi connectivity index (χ0) is 13.0. The van der Waals surface area contributed by atoms with Crippen LogP contribution in [0.1, 0.15) is 13.8 Å². The molecule has 92 valence electrons. The smallest absolute Gasteiger partial charge is 0.234 e. The fourth-order valence-electron chi connectivity index (χ4n) is 1.53. The Morgan fingerprint density at radius 3 is 2.47 bits per heavy atom. The summed E-state index contributed by atoms with van der Waals surface area (Å²) in [5.74, 6) is -0.656. The zero-order valence-electron chi connectivity index (χ0n) is 9.74. The van der Waals surface area contributed by atoms with E-state index in [9.17, 15) is 4.79 Å². The van der Waals surface area contributed by atoms with Gasteiger partial charge in [-0.25, -0.2) is 0 Å². The van der Waals surface area contributed by atoms with Gasteiger partial charge in [-0.05, 0) is 18.1 Å². The summed E-state index contributed by atoms with van der Waals surface area (Å²) in [6.07, 6.45) is 0. The van der Waals surface area contributed by atoms with Crippen molar-refractivity contribution in [3.05, 3.63) is 29.3 Å². The third-order valence-electron chi connectivity index (χ3n) is 2.39. The fraction of sp³-hybridized carbons (Fsp3) is 0.333. The summed E-state index contributed by atoms with van der Waals surface area (Å²) in [5.41, 5.74) is 6.14. The predicted octanol–water partition coefficient (Wildman–Crippen LogP) is 2.84. The van der Waals surface area contributed by atoms with Crippen LogP contribution in [0, 0.1) is 11.8 Å². The molecule has 0 aliphatic heterocycles. The van der Waals surface area contributed by atoms with Crippen molar-refractivity contribution in [2.24, 2.45) is 17.6 Å². The predicted molar refractivity (Wildman–Crippen MR) is 75.2 cm³/mol. The lowest BCUT2D eigenvalue weighted by atomic mass is 9.95. The second-order valence-corrected chi connectivity index (χ2v) is 4.97. The number of carbonyl (C=O) groups is 1. The van der Waals surface area contributed by atoms with E-state index in [0.29, 0.717) is 10.7 Å². The summed E-state index contributed by atoms with van der Waals surface area (Å²) in [6.45, 7) is 3.80. The second kappa shape index (κ2) is 5.98. The molecule has 0 fully saturated rings. The van der Waals surface area contributed by atoms with Crippen LogP contribution in [-0.2, 0) is 4.79 Å². The van der Waals surface area contributed by atoms with Gasteiger partial charge in [0.2, 0.25) is 5.91 Å². The highest BCUT2D eigenvalue weighted by Crippen LogP contribution is 2.22. The summed E-state index contributed by atoms with van der Waals surface area (Å²) in [5, 5.41) is 3.23. The van der Waals surface area contributed by atoms with Crippen LogP contribution < -0.4 is 11.1 Å². The molecule has 5 heteroatoms. The maximum absolute atomic E-state index is 12.0. The van der Waals surface area contributed by atoms with Gasteiger partial charge < -0.3 is 11.1 Å². The van der Waals surface area contributed by atoms with E-state index in [1.807, 2.05) is 13.8 Å². The summed E-state index contributed by atoms with van der Waals surface area (Å²) in [6, 6.07) is 7.04. The first kappa shape index (κ1) is 13.9. The van der Waals surface area contributed by atoms with Crippen molar-refractivity contribution in [1.82, 2.24) is 0 Å². The van der Waals surface area contributed by atoms with E-state index < -0.39 is 5.92 Å². The maximum Gasteiger partial charge on any atom is 0.234 e. The van der Waals surface area contributed by atoms with Crippen LogP contribution in [0.2, 0.25) is 5.02 Å². The molecule has 1 atom stereocenters. The third-order valence-corrected chi connectivity index (χ3v) is 2.97. The number of hydrogen-bond donors (Lipinski definition) is 2. The Hall–Kier alpha value is -1.13. The molecule has 0 bridgehead atoms. The number of benzene rings is 1. The average molecular weight is 271 g/mol. The van der Waals surface area contributed by atoms with Gasteiger partial charge in [-0.2, -0.15) is 0 Å². The van der Waals surface area contributed by atoms with E-state index in [-0.39, 0.29) is 16.8 Å². The standard InChI is InChI=1S/C12H15ClN2OS/c1-7(2)10(11(14)17)12(16)15-9-6-4-3-5-8(9)13/h3-7,10H,1-2H3,(H2,14,17)(H,15,16). The molecule has 0 saturated heterocycles. The van der Waals surface area contributed by atoms with Crippen molar-refractivity contribution in [3.8, 4) is 0 Å². The minimum absolute atomic E-state index is 0.0509. The number of anilines is 1. The first-order chi connectivity index (χ1) is 7.93. The van der Waals surface area contributed by atoms with Gasteiger partial charge in [-0.3, -0.25) is 4.79 Å². The minimum atomic E-state index is -0.485. The lowest BCUT2D eigenvalue weighted by Crippen LogP contribution is -2.36. The van der Waals surface area contributed by atoms with Gasteiger partial charge in [-0.15, -0.1) is 0 Å². The molecule has 0 aromatic heterocycles. The molecule has 17 heavy (non-hydrogen) atoms. The van der Waals surface area contributed by atoms with Crippen LogP contribution in [0.3, 0.4) is 0 Å². The molecule has 3 N–H and O–H groups in total. The van der Waals surface area contributed by atoms with Gasteiger partial charge in [0.05, 0.1) is 21.6 Å². The van der Waals surface area contributed by atoms with Crippen molar-refractivity contribution >= 4 is 40.4 Å². The van der Waals surface area contributed by atoms with E-state index in [4.69, 9.17) is 29.6 Å². The van der Waals surface area contributed by atoms with Crippen LogP contribution in [0.15, 0.2) is 24.3 Å². The van der Waals surface area contributed by atoms with Crippen LogP contribution in [0.4, 0.5) is 5.69 Å². The number of para-hydroxylation sites is 1. The molecule has 0 aliphatic carbocycles. The largest absolute Gasteiger partial charge is 0.393 e. The van der Waals surface area contributed by atoms with E-state index >= 15 is 0 Å². The SMILES string of the molecule is CC(C)C(C(=O)Nc1ccccc1Cl)C(N)=S. The Balaban J connectivity index is 2.85. The van der Waals surface area contributed by atoms with Crippen LogP contribution in [0.25, 0.3) is 0 Å². The molecule has 0 radical (unpaired) electrons. The number of amides is 1. The number of hydrogen-bond acceptors (Lipinski definition) is 2. The van der Waals surface area contributed by atoms with E-state index in [0.717, 1.165) is 0 Å². The maximum atomic E-state index is 12.0. The molecule has 1 amide bonds. The highest BCUT2D eigenvalue weighted by atomic mass is 35.5. The Morgan fingerprint density at radius 2 is 2.00 bits per heavy atom. The molecular weight excluding hydrogens is 256 g/mol. The molecular formula is C12H15ClN2OS. The first-order valence-corrected chi connectivity index (χ1v) is 6.06. The Morgan fingerprint density at radius 1 is 1.41 bits per heavy atom. The van der Waals surface area contributed by atoms with Crippen LogP contribution in [0.5, 0.6) is 0 Å². The van der Waals surface area contributed by atoms with Crippen molar-refractivity contribution in [2.75, 3.05) is 5.32 Å². The summed E-state index contributed by atoms with van der Waals surface area (Å²) < 4.78 is 0. The van der Waals surface area contributed by atoms with E-state index in [1.54, 1.807) is 24.3 Å². The lowest BCUT2D eigenvalue weighted by Gasteiger charge is -2.19. The topological polar surface area (TPSA) is 55.1 Å². The van der Waals surface area contributed by atoms with Gasteiger partial charge in [0.25, 0.3) is 0 Å². The minimum Gasteiger partial charge on any atom is -0.393 e. The highest BCUT2D eigenvalue weighted by molar-refractivity contribution is 7.80. The van der Waals surface area contributed by atoms with Crippen molar-refractivity contribution in [2.45, 2.75) is 13.8 Å². The van der Waals surface area contributed by atoms with Gasteiger partial charge in [0.1, 0.15) is 0 Å². The lowest BCUT2D eigenvalue weighted by molar-refractivity contribution is -0.118. The average Bonchev–Trinajstić information content (AvgIpc) is 2.20. The Labute approximate surface area is 111 Å². The highest BCUT2D eigenvalue weighted by Gasteiger charge is 2.25. The molecule has 0 saturated carbocycles. The first-order valence-electron chi connectivity index (χ1n) is 5.28. The summed E-state index contributed by atoms with van der Waals surface area (Å²) in [7, 11) is 0. The molecule has 1 aromatic rings. The second-order valence-electron chi connectivity index (χ2n) is 4.09. The van der Waals surface area contributed by atoms with Gasteiger partial charge in [0, 0.05) is 0 Å². The van der Waals surface area contributed by atoms with Crippen molar-refractivity contribution in [3.63, 3.8) is 0 Å². The third kappa shape index (κ3) is 3.68. The van der Waals surface area contributed by atoms with Gasteiger partial charge in [0.15, 0.2) is 0 Å². The summed E-state index contributed by atoms with van der Waals surface area (Å²) >= 11 is 10.9. The summed E-state index contributed by atoms with van der Waals surface area (Å²) in [4.78, 5) is 12.2. The van der Waals surface area contributed by atoms with Crippen LogP contribution >= 0.6 is 23.8 Å². The number of rotatable bonds is 4. The number of halogens is 1. The van der Waals surface area contributed by atoms with Crippen molar-refractivity contribution < 1.29 is 4.79 Å².